The van der Waals surface area contributed by atoms with Gasteiger partial charge < -0.3 is 4.79 Å². The molecule has 1 aromatic carbocycles. The van der Waals surface area contributed by atoms with E-state index in [0.29, 0.717) is 11.3 Å². The summed E-state index contributed by atoms with van der Waals surface area (Å²) in [7, 11) is 0. The van der Waals surface area contributed by atoms with Crippen molar-refractivity contribution >= 4 is 6.29 Å². The van der Waals surface area contributed by atoms with E-state index < -0.39 is 0 Å². The van der Waals surface area contributed by atoms with Gasteiger partial charge in [0.05, 0.1) is 0 Å². The van der Waals surface area contributed by atoms with Crippen LogP contribution in [0.2, 0.25) is 0 Å². The number of rotatable bonds is 2. The Kier molecular flexibility index (Phi) is 1.58. The molecule has 0 aliphatic heterocycles. The highest BCUT2D eigenvalue weighted by molar-refractivity contribution is 5.55. The highest BCUT2D eigenvalue weighted by atomic mass is 16.1. The van der Waals surface area contributed by atoms with Gasteiger partial charge in [0.2, 0.25) is 0 Å². The Morgan fingerprint density at radius 3 is 3.14 bits per heavy atom. The topological polar surface area (TPSA) is 17.1 Å². The van der Waals surface area contributed by atoms with Crippen LogP contribution >= 0.6 is 0 Å². The van der Waals surface area contributed by atoms with Crippen molar-refractivity contribution < 1.29 is 4.79 Å². The molecule has 2 atom stereocenters. The van der Waals surface area contributed by atoms with E-state index in [1.807, 2.05) is 0 Å². The summed E-state index contributed by atoms with van der Waals surface area (Å²) in [5.41, 5.74) is 3.40. The maximum Gasteiger partial charge on any atom is 0.120 e. The van der Waals surface area contributed by atoms with Gasteiger partial charge in [-0.2, -0.15) is 0 Å². The Bertz CT molecular complexity index is 383. The minimum absolute atomic E-state index is 0.371. The molecule has 0 N–H and O–H groups in total. The summed E-state index contributed by atoms with van der Waals surface area (Å²) in [5, 5.41) is 0. The van der Waals surface area contributed by atoms with E-state index in [0.717, 1.165) is 12.7 Å². The molecule has 1 saturated carbocycles. The molecule has 14 heavy (non-hydrogen) atoms. The SMILES string of the molecule is O=CC[C@@]12CCc3ccccc3[C@H]1C2. The summed E-state index contributed by atoms with van der Waals surface area (Å²) in [6, 6.07) is 8.71. The molecule has 3 rings (SSSR count). The first-order chi connectivity index (χ1) is 6.86. The van der Waals surface area contributed by atoms with Crippen LogP contribution in [0.25, 0.3) is 0 Å². The lowest BCUT2D eigenvalue weighted by molar-refractivity contribution is -0.109. The fraction of sp³-hybridized carbons (Fsp3) is 0.462. The first kappa shape index (κ1) is 8.22. The third-order valence-corrected chi connectivity index (χ3v) is 4.00. The summed E-state index contributed by atoms with van der Waals surface area (Å²) in [4.78, 5) is 10.6. The average molecular weight is 186 g/mol. The van der Waals surface area contributed by atoms with Crippen LogP contribution in [0.4, 0.5) is 0 Å². The molecule has 0 unspecified atom stereocenters. The van der Waals surface area contributed by atoms with Crippen molar-refractivity contribution in [3.63, 3.8) is 0 Å². The van der Waals surface area contributed by atoms with Crippen LogP contribution in [0.5, 0.6) is 0 Å². The summed E-state index contributed by atoms with van der Waals surface area (Å²) >= 11 is 0. The number of fused-ring (bicyclic) bond motifs is 3. The second-order valence-electron chi connectivity index (χ2n) is 4.69. The lowest BCUT2D eigenvalue weighted by Crippen LogP contribution is -2.12. The zero-order chi connectivity index (χ0) is 9.60. The maximum absolute atomic E-state index is 10.6. The highest BCUT2D eigenvalue weighted by Crippen LogP contribution is 2.66. The van der Waals surface area contributed by atoms with Crippen molar-refractivity contribution in [2.24, 2.45) is 5.41 Å². The molecular formula is C13H14O. The smallest absolute Gasteiger partial charge is 0.120 e. The summed E-state index contributed by atoms with van der Waals surface area (Å²) in [6.07, 6.45) is 5.50. The number of aryl methyl sites for hydroxylation is 1. The Morgan fingerprint density at radius 1 is 1.43 bits per heavy atom. The first-order valence-electron chi connectivity index (χ1n) is 5.37. The fourth-order valence-electron chi connectivity index (χ4n) is 3.04. The van der Waals surface area contributed by atoms with Gasteiger partial charge in [-0.05, 0) is 41.7 Å². The quantitative estimate of drug-likeness (QED) is 0.649. The van der Waals surface area contributed by atoms with Gasteiger partial charge in [-0.15, -0.1) is 0 Å². The van der Waals surface area contributed by atoms with Gasteiger partial charge in [-0.25, -0.2) is 0 Å². The monoisotopic (exact) mass is 186 g/mol. The largest absolute Gasteiger partial charge is 0.303 e. The summed E-state index contributed by atoms with van der Waals surface area (Å²) in [5.74, 6) is 0.692. The highest BCUT2D eigenvalue weighted by Gasteiger charge is 2.56. The number of hydrogen-bond acceptors (Lipinski definition) is 1. The molecule has 0 saturated heterocycles. The van der Waals surface area contributed by atoms with E-state index in [1.165, 1.54) is 30.4 Å². The number of hydrogen-bond donors (Lipinski definition) is 0. The van der Waals surface area contributed by atoms with Gasteiger partial charge in [0.25, 0.3) is 0 Å². The van der Waals surface area contributed by atoms with Crippen LogP contribution in [-0.2, 0) is 11.2 Å². The van der Waals surface area contributed by atoms with Crippen molar-refractivity contribution in [2.75, 3.05) is 0 Å². The van der Waals surface area contributed by atoms with E-state index in [2.05, 4.69) is 24.3 Å². The molecular weight excluding hydrogens is 172 g/mol. The maximum atomic E-state index is 10.6. The Balaban J connectivity index is 1.97. The lowest BCUT2D eigenvalue weighted by Gasteiger charge is -2.22. The van der Waals surface area contributed by atoms with E-state index >= 15 is 0 Å². The molecule has 0 aromatic heterocycles. The van der Waals surface area contributed by atoms with Crippen molar-refractivity contribution in [1.29, 1.82) is 0 Å². The van der Waals surface area contributed by atoms with Crippen LogP contribution in [0.15, 0.2) is 24.3 Å². The molecule has 2 aliphatic carbocycles. The van der Waals surface area contributed by atoms with Gasteiger partial charge in [0, 0.05) is 6.42 Å². The minimum Gasteiger partial charge on any atom is -0.303 e. The molecule has 1 fully saturated rings. The number of carbonyl (C=O) groups is 1. The number of aldehydes is 1. The third-order valence-electron chi connectivity index (χ3n) is 4.00. The molecule has 1 nitrogen and oxygen atoms in total. The minimum atomic E-state index is 0.371. The van der Waals surface area contributed by atoms with Crippen LogP contribution in [-0.4, -0.2) is 6.29 Å². The van der Waals surface area contributed by atoms with Crippen LogP contribution in [0.3, 0.4) is 0 Å². The van der Waals surface area contributed by atoms with Crippen molar-refractivity contribution in [1.82, 2.24) is 0 Å². The van der Waals surface area contributed by atoms with Gasteiger partial charge in [0.15, 0.2) is 0 Å². The van der Waals surface area contributed by atoms with Crippen molar-refractivity contribution in [3.8, 4) is 0 Å². The molecule has 0 bridgehead atoms. The van der Waals surface area contributed by atoms with Gasteiger partial charge >= 0.3 is 0 Å². The average Bonchev–Trinajstić information content (AvgIpc) is 2.93. The zero-order valence-electron chi connectivity index (χ0n) is 8.20. The van der Waals surface area contributed by atoms with E-state index in [4.69, 9.17) is 0 Å². The van der Waals surface area contributed by atoms with Crippen LogP contribution < -0.4 is 0 Å². The van der Waals surface area contributed by atoms with Gasteiger partial charge in [-0.3, -0.25) is 0 Å². The zero-order valence-corrected chi connectivity index (χ0v) is 8.20. The second kappa shape index (κ2) is 2.69. The normalized spacial score (nSPS) is 33.0. The lowest BCUT2D eigenvalue weighted by atomic mass is 9.82. The van der Waals surface area contributed by atoms with Crippen LogP contribution in [0, 0.1) is 5.41 Å². The van der Waals surface area contributed by atoms with Crippen molar-refractivity contribution in [2.45, 2.75) is 31.6 Å². The predicted octanol–water partition coefficient (Wildman–Crippen LogP) is 2.70. The molecule has 1 aromatic rings. The Morgan fingerprint density at radius 2 is 2.29 bits per heavy atom. The molecule has 2 aliphatic rings. The predicted molar refractivity (Wildman–Crippen MR) is 55.2 cm³/mol. The van der Waals surface area contributed by atoms with E-state index in [-0.39, 0.29) is 0 Å². The standard InChI is InChI=1S/C13H14O/c14-8-7-13-6-5-10-3-1-2-4-11(10)12(13)9-13/h1-4,8,12H,5-7,9H2/t12-,13-/m1/s1. The second-order valence-corrected chi connectivity index (χ2v) is 4.69. The molecule has 1 heteroatoms. The summed E-state index contributed by atoms with van der Waals surface area (Å²) in [6.45, 7) is 0. The van der Waals surface area contributed by atoms with E-state index in [9.17, 15) is 4.79 Å². The fourth-order valence-corrected chi connectivity index (χ4v) is 3.04. The van der Waals surface area contributed by atoms with Crippen molar-refractivity contribution in [3.05, 3.63) is 35.4 Å². The number of carbonyl (C=O) groups excluding carboxylic acids is 1. The van der Waals surface area contributed by atoms with Gasteiger partial charge in [0.1, 0.15) is 6.29 Å². The Labute approximate surface area is 84.1 Å². The molecule has 0 spiro atoms. The first-order valence-corrected chi connectivity index (χ1v) is 5.37. The molecule has 0 heterocycles. The number of benzene rings is 1. The summed E-state index contributed by atoms with van der Waals surface area (Å²) < 4.78 is 0. The molecule has 0 radical (unpaired) electrons. The van der Waals surface area contributed by atoms with Crippen LogP contribution in [0.1, 0.15) is 36.3 Å². The molecule has 0 amide bonds. The Hall–Kier alpha value is -1.11. The van der Waals surface area contributed by atoms with E-state index in [1.54, 1.807) is 0 Å². The van der Waals surface area contributed by atoms with Gasteiger partial charge in [-0.1, -0.05) is 24.3 Å². The third kappa shape index (κ3) is 0.985. The molecule has 72 valence electrons.